The van der Waals surface area contributed by atoms with Gasteiger partial charge in [0.1, 0.15) is 17.2 Å². The van der Waals surface area contributed by atoms with E-state index >= 15 is 0 Å². The van der Waals surface area contributed by atoms with Gasteiger partial charge in [-0.25, -0.2) is 4.79 Å². The molecule has 1 heterocycles. The van der Waals surface area contributed by atoms with E-state index in [1.807, 2.05) is 18.2 Å². The molecule has 0 aliphatic rings. The quantitative estimate of drug-likeness (QED) is 0.294. The van der Waals surface area contributed by atoms with E-state index in [1.165, 1.54) is 11.3 Å². The van der Waals surface area contributed by atoms with Gasteiger partial charge in [-0.05, 0) is 47.3 Å². The summed E-state index contributed by atoms with van der Waals surface area (Å²) in [6.45, 7) is 0.359. The molecule has 3 rings (SSSR count). The summed E-state index contributed by atoms with van der Waals surface area (Å²) in [6.07, 6.45) is 0. The standard InChI is InChI=1S/C19H15ClN2O3S/c20-15-6-8-16(9-7-15)24-12-13-3-1-4-14(11-13)18(21)22-25-19(23)17-5-2-10-26-17/h1-11H,12H2,(H2,21,22). The average molecular weight is 387 g/mol. The first-order chi connectivity index (χ1) is 12.6. The maximum atomic E-state index is 11.8. The van der Waals surface area contributed by atoms with E-state index < -0.39 is 5.97 Å². The topological polar surface area (TPSA) is 73.9 Å². The number of nitrogens with zero attached hydrogens (tertiary/aromatic N) is 1. The van der Waals surface area contributed by atoms with Gasteiger partial charge in [0.15, 0.2) is 5.84 Å². The van der Waals surface area contributed by atoms with Crippen LogP contribution in [0.3, 0.4) is 0 Å². The molecule has 0 saturated carbocycles. The molecule has 0 spiro atoms. The zero-order chi connectivity index (χ0) is 18.4. The Balaban J connectivity index is 1.63. The molecule has 0 aliphatic carbocycles. The molecular formula is C19H15ClN2O3S. The third-order valence-corrected chi connectivity index (χ3v) is 4.49. The van der Waals surface area contributed by atoms with Crippen molar-refractivity contribution < 1.29 is 14.4 Å². The van der Waals surface area contributed by atoms with Crippen LogP contribution in [0.1, 0.15) is 20.8 Å². The molecule has 0 atom stereocenters. The molecule has 2 N–H and O–H groups in total. The van der Waals surface area contributed by atoms with E-state index in [2.05, 4.69) is 5.16 Å². The molecule has 0 bridgehead atoms. The molecule has 0 radical (unpaired) electrons. The summed E-state index contributed by atoms with van der Waals surface area (Å²) in [5.41, 5.74) is 7.45. The molecule has 2 aromatic carbocycles. The fourth-order valence-corrected chi connectivity index (χ4v) is 2.82. The molecule has 0 amide bonds. The lowest BCUT2D eigenvalue weighted by Crippen LogP contribution is -2.15. The second-order valence-corrected chi connectivity index (χ2v) is 6.66. The lowest BCUT2D eigenvalue weighted by Gasteiger charge is -2.08. The Morgan fingerprint density at radius 1 is 1.12 bits per heavy atom. The molecule has 0 saturated heterocycles. The van der Waals surface area contributed by atoms with Crippen molar-refractivity contribution >= 4 is 34.7 Å². The average Bonchev–Trinajstić information content (AvgIpc) is 3.20. The summed E-state index contributed by atoms with van der Waals surface area (Å²) in [7, 11) is 0. The number of hydrogen-bond donors (Lipinski definition) is 1. The summed E-state index contributed by atoms with van der Waals surface area (Å²) in [6, 6.07) is 17.9. The Bertz CT molecular complexity index is 909. The predicted octanol–water partition coefficient (Wildman–Crippen LogP) is 4.46. The van der Waals surface area contributed by atoms with Crippen LogP contribution in [0.4, 0.5) is 0 Å². The highest BCUT2D eigenvalue weighted by atomic mass is 35.5. The smallest absolute Gasteiger partial charge is 0.375 e. The van der Waals surface area contributed by atoms with Gasteiger partial charge in [-0.1, -0.05) is 41.0 Å². The van der Waals surface area contributed by atoms with Crippen LogP contribution in [0.5, 0.6) is 5.75 Å². The number of benzene rings is 2. The maximum Gasteiger partial charge on any atom is 0.375 e. The fourth-order valence-electron chi connectivity index (χ4n) is 2.10. The molecule has 7 heteroatoms. The molecular weight excluding hydrogens is 372 g/mol. The minimum absolute atomic E-state index is 0.114. The molecule has 132 valence electrons. The van der Waals surface area contributed by atoms with Gasteiger partial charge in [-0.3, -0.25) is 0 Å². The largest absolute Gasteiger partial charge is 0.489 e. The van der Waals surface area contributed by atoms with Crippen molar-refractivity contribution in [3.05, 3.63) is 87.1 Å². The summed E-state index contributed by atoms with van der Waals surface area (Å²) >= 11 is 7.13. The Kier molecular flexibility index (Phi) is 5.88. The summed E-state index contributed by atoms with van der Waals surface area (Å²) < 4.78 is 5.71. The molecule has 1 aromatic heterocycles. The van der Waals surface area contributed by atoms with Crippen LogP contribution in [-0.2, 0) is 11.4 Å². The van der Waals surface area contributed by atoms with Crippen LogP contribution >= 0.6 is 22.9 Å². The highest BCUT2D eigenvalue weighted by Crippen LogP contribution is 2.17. The number of rotatable bonds is 6. The number of hydrogen-bond acceptors (Lipinski definition) is 5. The molecule has 26 heavy (non-hydrogen) atoms. The Morgan fingerprint density at radius 3 is 2.65 bits per heavy atom. The molecule has 5 nitrogen and oxygen atoms in total. The number of nitrogens with two attached hydrogens (primary N) is 1. The normalized spacial score (nSPS) is 11.2. The van der Waals surface area contributed by atoms with Gasteiger partial charge in [0.05, 0.1) is 0 Å². The van der Waals surface area contributed by atoms with Gasteiger partial charge in [-0.15, -0.1) is 11.3 Å². The van der Waals surface area contributed by atoms with E-state index in [-0.39, 0.29) is 5.84 Å². The zero-order valence-corrected chi connectivity index (χ0v) is 15.2. The second kappa shape index (κ2) is 8.51. The minimum Gasteiger partial charge on any atom is -0.489 e. The number of halogens is 1. The predicted molar refractivity (Wildman–Crippen MR) is 103 cm³/mol. The molecule has 0 fully saturated rings. The van der Waals surface area contributed by atoms with Crippen LogP contribution in [0.25, 0.3) is 0 Å². The van der Waals surface area contributed by atoms with Crippen molar-refractivity contribution in [2.45, 2.75) is 6.61 Å². The van der Waals surface area contributed by atoms with Gasteiger partial charge in [0.2, 0.25) is 0 Å². The highest BCUT2D eigenvalue weighted by molar-refractivity contribution is 7.11. The van der Waals surface area contributed by atoms with Gasteiger partial charge in [0, 0.05) is 10.6 Å². The van der Waals surface area contributed by atoms with E-state index in [1.54, 1.807) is 47.8 Å². The number of carbonyl (C=O) groups is 1. The minimum atomic E-state index is -0.537. The van der Waals surface area contributed by atoms with Crippen molar-refractivity contribution in [2.24, 2.45) is 10.9 Å². The van der Waals surface area contributed by atoms with E-state index in [0.717, 1.165) is 5.56 Å². The van der Waals surface area contributed by atoms with E-state index in [4.69, 9.17) is 26.9 Å². The number of carbonyl (C=O) groups excluding carboxylic acids is 1. The van der Waals surface area contributed by atoms with Crippen molar-refractivity contribution in [2.75, 3.05) is 0 Å². The Hall–Kier alpha value is -2.83. The van der Waals surface area contributed by atoms with Crippen LogP contribution in [0, 0.1) is 0 Å². The van der Waals surface area contributed by atoms with Crippen LogP contribution in [-0.4, -0.2) is 11.8 Å². The second-order valence-electron chi connectivity index (χ2n) is 5.28. The van der Waals surface area contributed by atoms with Crippen molar-refractivity contribution in [3.8, 4) is 5.75 Å². The first kappa shape index (κ1) is 18.0. The third kappa shape index (κ3) is 4.84. The van der Waals surface area contributed by atoms with Gasteiger partial charge >= 0.3 is 5.97 Å². The number of thiophene rings is 1. The summed E-state index contributed by atoms with van der Waals surface area (Å²) in [4.78, 5) is 17.1. The summed E-state index contributed by atoms with van der Waals surface area (Å²) in [5.74, 6) is 0.291. The lowest BCUT2D eigenvalue weighted by atomic mass is 10.1. The number of ether oxygens (including phenoxy) is 1. The number of amidine groups is 1. The first-order valence-corrected chi connectivity index (χ1v) is 8.93. The zero-order valence-electron chi connectivity index (χ0n) is 13.6. The maximum absolute atomic E-state index is 11.8. The molecule has 0 unspecified atom stereocenters. The molecule has 0 aliphatic heterocycles. The Labute approximate surface area is 159 Å². The van der Waals surface area contributed by atoms with Crippen molar-refractivity contribution in [1.29, 1.82) is 0 Å². The van der Waals surface area contributed by atoms with Crippen molar-refractivity contribution in [3.63, 3.8) is 0 Å². The summed E-state index contributed by atoms with van der Waals surface area (Å²) in [5, 5.41) is 6.15. The Morgan fingerprint density at radius 2 is 1.92 bits per heavy atom. The van der Waals surface area contributed by atoms with Crippen LogP contribution in [0.2, 0.25) is 5.02 Å². The monoisotopic (exact) mass is 386 g/mol. The molecule has 3 aromatic rings. The van der Waals surface area contributed by atoms with Crippen LogP contribution in [0.15, 0.2) is 71.2 Å². The van der Waals surface area contributed by atoms with Gasteiger partial charge in [-0.2, -0.15) is 0 Å². The van der Waals surface area contributed by atoms with E-state index in [0.29, 0.717) is 27.8 Å². The lowest BCUT2D eigenvalue weighted by molar-refractivity contribution is 0.0522. The van der Waals surface area contributed by atoms with E-state index in [9.17, 15) is 4.79 Å². The van der Waals surface area contributed by atoms with Gasteiger partial charge < -0.3 is 15.3 Å². The van der Waals surface area contributed by atoms with Crippen molar-refractivity contribution in [1.82, 2.24) is 0 Å². The highest BCUT2D eigenvalue weighted by Gasteiger charge is 2.09. The fraction of sp³-hybridized carbons (Fsp3) is 0.0526. The first-order valence-electron chi connectivity index (χ1n) is 7.68. The van der Waals surface area contributed by atoms with Gasteiger partial charge in [0.25, 0.3) is 0 Å². The SMILES string of the molecule is NC(=NOC(=O)c1cccs1)c1cccc(COc2ccc(Cl)cc2)c1. The van der Waals surface area contributed by atoms with Crippen LogP contribution < -0.4 is 10.5 Å². The number of oxime groups is 1. The third-order valence-electron chi connectivity index (χ3n) is 3.39.